The van der Waals surface area contributed by atoms with E-state index < -0.39 is 10.0 Å². The highest BCUT2D eigenvalue weighted by molar-refractivity contribution is 7.89. The Hall–Kier alpha value is -2.49. The fraction of sp³-hybridized carbons (Fsp3) is 0.480. The molecule has 9 heteroatoms. The summed E-state index contributed by atoms with van der Waals surface area (Å²) < 4.78 is 49.1. The Kier molecular flexibility index (Phi) is 7.54. The van der Waals surface area contributed by atoms with E-state index in [0.29, 0.717) is 36.6 Å². The summed E-state index contributed by atoms with van der Waals surface area (Å²) in [7, 11) is -2.06. The molecule has 0 saturated carbocycles. The van der Waals surface area contributed by atoms with Gasteiger partial charge in [0.05, 0.1) is 29.6 Å². The lowest BCUT2D eigenvalue weighted by molar-refractivity contribution is 0.260. The topological polar surface area (TPSA) is 67.7 Å². The minimum absolute atomic E-state index is 0.231. The van der Waals surface area contributed by atoms with Crippen molar-refractivity contribution < 1.29 is 17.5 Å². The van der Waals surface area contributed by atoms with Gasteiger partial charge in [0.15, 0.2) is 11.6 Å². The highest BCUT2D eigenvalue weighted by atomic mass is 32.2. The summed E-state index contributed by atoms with van der Waals surface area (Å²) in [6.07, 6.45) is 2.88. The van der Waals surface area contributed by atoms with Gasteiger partial charge in [-0.1, -0.05) is 19.4 Å². The number of hydrogen-bond acceptors (Lipinski definition) is 5. The van der Waals surface area contributed by atoms with Gasteiger partial charge in [-0.05, 0) is 62.2 Å². The van der Waals surface area contributed by atoms with E-state index in [1.165, 1.54) is 13.2 Å². The molecule has 0 amide bonds. The number of piperidine rings is 1. The smallest absolute Gasteiger partial charge is 0.243 e. The Morgan fingerprint density at radius 1 is 1.06 bits per heavy atom. The van der Waals surface area contributed by atoms with Crippen molar-refractivity contribution in [3.63, 3.8) is 0 Å². The first-order chi connectivity index (χ1) is 16.4. The van der Waals surface area contributed by atoms with E-state index >= 15 is 0 Å². The fourth-order valence-corrected chi connectivity index (χ4v) is 6.13. The molecule has 1 saturated heterocycles. The standard InChI is InChI=1S/C25H33FN4O3S/c1-4-28(17-19-9-12-24(33-3)21(26)15-19)18-25-27-22-16-20(10-11-23(22)30(25)5-2)34(31,32)29-13-7-6-8-14-29/h9-12,15-16H,4-8,13-14,17-18H2,1-3H3. The van der Waals surface area contributed by atoms with Crippen molar-refractivity contribution in [1.29, 1.82) is 0 Å². The van der Waals surface area contributed by atoms with E-state index in [0.717, 1.165) is 49.3 Å². The third-order valence-electron chi connectivity index (χ3n) is 6.50. The van der Waals surface area contributed by atoms with Crippen LogP contribution in [0.1, 0.15) is 44.5 Å². The SMILES string of the molecule is CCN(Cc1ccc(OC)c(F)c1)Cc1nc2cc(S(=O)(=O)N3CCCCC3)ccc2n1CC. The van der Waals surface area contributed by atoms with Crippen LogP contribution in [0.3, 0.4) is 0 Å². The largest absolute Gasteiger partial charge is 0.494 e. The van der Waals surface area contributed by atoms with Crippen molar-refractivity contribution in [2.75, 3.05) is 26.7 Å². The molecule has 7 nitrogen and oxygen atoms in total. The van der Waals surface area contributed by atoms with Gasteiger partial charge in [-0.2, -0.15) is 4.31 Å². The van der Waals surface area contributed by atoms with Gasteiger partial charge in [-0.15, -0.1) is 0 Å². The predicted octanol–water partition coefficient (Wildman–Crippen LogP) is 4.40. The van der Waals surface area contributed by atoms with E-state index in [1.54, 1.807) is 22.5 Å². The first kappa shape index (κ1) is 24.6. The summed E-state index contributed by atoms with van der Waals surface area (Å²) in [5, 5.41) is 0. The van der Waals surface area contributed by atoms with Crippen LogP contribution in [0.25, 0.3) is 11.0 Å². The zero-order chi connectivity index (χ0) is 24.3. The van der Waals surface area contributed by atoms with Gasteiger partial charge in [0.1, 0.15) is 5.82 Å². The van der Waals surface area contributed by atoms with Crippen molar-refractivity contribution >= 4 is 21.1 Å². The van der Waals surface area contributed by atoms with Crippen molar-refractivity contribution in [3.8, 4) is 5.75 Å². The molecule has 0 spiro atoms. The van der Waals surface area contributed by atoms with E-state index in [4.69, 9.17) is 9.72 Å². The number of ether oxygens (including phenoxy) is 1. The Labute approximate surface area is 201 Å². The van der Waals surface area contributed by atoms with Crippen molar-refractivity contribution in [1.82, 2.24) is 18.8 Å². The number of sulfonamides is 1. The average Bonchev–Trinajstić information content (AvgIpc) is 3.20. The Morgan fingerprint density at radius 2 is 1.82 bits per heavy atom. The van der Waals surface area contributed by atoms with Crippen LogP contribution in [0.15, 0.2) is 41.3 Å². The maximum absolute atomic E-state index is 14.1. The number of halogens is 1. The van der Waals surface area contributed by atoms with E-state index in [-0.39, 0.29) is 11.6 Å². The lowest BCUT2D eigenvalue weighted by Crippen LogP contribution is -2.35. The van der Waals surface area contributed by atoms with Gasteiger partial charge in [0.25, 0.3) is 0 Å². The lowest BCUT2D eigenvalue weighted by atomic mass is 10.2. The molecule has 2 heterocycles. The molecule has 1 fully saturated rings. The second kappa shape index (κ2) is 10.4. The highest BCUT2D eigenvalue weighted by Crippen LogP contribution is 2.26. The van der Waals surface area contributed by atoms with Crippen molar-refractivity contribution in [2.45, 2.75) is 57.6 Å². The average molecular weight is 489 g/mol. The van der Waals surface area contributed by atoms with Crippen LogP contribution < -0.4 is 4.74 Å². The van der Waals surface area contributed by atoms with E-state index in [2.05, 4.69) is 23.3 Å². The van der Waals surface area contributed by atoms with Crippen molar-refractivity contribution in [3.05, 3.63) is 53.6 Å². The molecule has 2 aromatic carbocycles. The van der Waals surface area contributed by atoms with Crippen LogP contribution in [0.2, 0.25) is 0 Å². The van der Waals surface area contributed by atoms with Gasteiger partial charge >= 0.3 is 0 Å². The minimum atomic E-state index is -3.51. The molecular formula is C25H33FN4O3S. The van der Waals surface area contributed by atoms with Crippen LogP contribution in [0.5, 0.6) is 5.75 Å². The minimum Gasteiger partial charge on any atom is -0.494 e. The molecule has 3 aromatic rings. The Morgan fingerprint density at radius 3 is 2.47 bits per heavy atom. The zero-order valence-electron chi connectivity index (χ0n) is 20.1. The maximum atomic E-state index is 14.1. The second-order valence-electron chi connectivity index (χ2n) is 8.66. The van der Waals surface area contributed by atoms with E-state index in [1.807, 2.05) is 12.1 Å². The van der Waals surface area contributed by atoms with Gasteiger partial charge in [0, 0.05) is 26.2 Å². The number of benzene rings is 2. The number of rotatable bonds is 9. The summed E-state index contributed by atoms with van der Waals surface area (Å²) in [4.78, 5) is 7.30. The molecular weight excluding hydrogens is 455 g/mol. The normalized spacial score (nSPS) is 15.3. The molecule has 1 aliphatic rings. The molecule has 0 N–H and O–H groups in total. The van der Waals surface area contributed by atoms with Gasteiger partial charge in [-0.25, -0.2) is 17.8 Å². The van der Waals surface area contributed by atoms with Gasteiger partial charge in [-0.3, -0.25) is 4.90 Å². The molecule has 4 rings (SSSR count). The third kappa shape index (κ3) is 4.96. The summed E-state index contributed by atoms with van der Waals surface area (Å²) in [6.45, 7) is 7.88. The first-order valence-corrected chi connectivity index (χ1v) is 13.4. The second-order valence-corrected chi connectivity index (χ2v) is 10.6. The number of methoxy groups -OCH3 is 1. The Balaban J connectivity index is 1.59. The molecule has 34 heavy (non-hydrogen) atoms. The number of imidazole rings is 1. The summed E-state index contributed by atoms with van der Waals surface area (Å²) in [5.74, 6) is 0.718. The summed E-state index contributed by atoms with van der Waals surface area (Å²) in [6, 6.07) is 10.3. The zero-order valence-corrected chi connectivity index (χ0v) is 20.9. The number of aryl methyl sites for hydroxylation is 1. The van der Waals surface area contributed by atoms with E-state index in [9.17, 15) is 12.8 Å². The predicted molar refractivity (Wildman–Crippen MR) is 131 cm³/mol. The van der Waals surface area contributed by atoms with Crippen LogP contribution in [-0.4, -0.2) is 53.9 Å². The van der Waals surface area contributed by atoms with Crippen LogP contribution in [0, 0.1) is 5.82 Å². The molecule has 184 valence electrons. The molecule has 0 radical (unpaired) electrons. The number of nitrogens with zero attached hydrogens (tertiary/aromatic N) is 4. The fourth-order valence-electron chi connectivity index (χ4n) is 4.59. The number of fused-ring (bicyclic) bond motifs is 1. The quantitative estimate of drug-likeness (QED) is 0.447. The molecule has 0 bridgehead atoms. The lowest BCUT2D eigenvalue weighted by Gasteiger charge is -2.25. The highest BCUT2D eigenvalue weighted by Gasteiger charge is 2.27. The third-order valence-corrected chi connectivity index (χ3v) is 8.40. The van der Waals surface area contributed by atoms with Gasteiger partial charge < -0.3 is 9.30 Å². The monoisotopic (exact) mass is 488 g/mol. The molecule has 0 aliphatic carbocycles. The number of hydrogen-bond donors (Lipinski definition) is 0. The van der Waals surface area contributed by atoms with Crippen LogP contribution >= 0.6 is 0 Å². The Bertz CT molecular complexity index is 1250. The van der Waals surface area contributed by atoms with Crippen LogP contribution in [-0.2, 0) is 29.7 Å². The first-order valence-electron chi connectivity index (χ1n) is 11.9. The molecule has 1 aromatic heterocycles. The summed E-state index contributed by atoms with van der Waals surface area (Å²) >= 11 is 0. The molecule has 0 atom stereocenters. The van der Waals surface area contributed by atoms with Crippen LogP contribution in [0.4, 0.5) is 4.39 Å². The molecule has 0 unspecified atom stereocenters. The van der Waals surface area contributed by atoms with Crippen molar-refractivity contribution in [2.24, 2.45) is 0 Å². The molecule has 1 aliphatic heterocycles. The van der Waals surface area contributed by atoms with Gasteiger partial charge in [0.2, 0.25) is 10.0 Å². The summed E-state index contributed by atoms with van der Waals surface area (Å²) in [5.41, 5.74) is 2.46. The maximum Gasteiger partial charge on any atom is 0.243 e. The number of aromatic nitrogens is 2.